The maximum absolute atomic E-state index is 5.76. The molecule has 102 valence electrons. The fourth-order valence-electron chi connectivity index (χ4n) is 2.20. The molecule has 0 amide bonds. The molecule has 0 fully saturated rings. The molecule has 2 nitrogen and oxygen atoms in total. The zero-order valence-electron chi connectivity index (χ0n) is 11.8. The molecular formula is C17H23NO. The summed E-state index contributed by atoms with van der Waals surface area (Å²) >= 11 is 0. The predicted molar refractivity (Wildman–Crippen MR) is 80.6 cm³/mol. The van der Waals surface area contributed by atoms with E-state index in [2.05, 4.69) is 24.0 Å². The first-order chi connectivity index (χ1) is 9.40. The molecule has 1 aromatic heterocycles. The second-order valence-corrected chi connectivity index (χ2v) is 4.98. The minimum atomic E-state index is 0.798. The van der Waals surface area contributed by atoms with Crippen molar-refractivity contribution in [1.29, 1.82) is 0 Å². The molecule has 0 aliphatic rings. The lowest BCUT2D eigenvalue weighted by atomic mass is 10.1. The van der Waals surface area contributed by atoms with E-state index in [0.29, 0.717) is 0 Å². The Bertz CT molecular complexity index is 495. The van der Waals surface area contributed by atoms with E-state index in [4.69, 9.17) is 4.74 Å². The van der Waals surface area contributed by atoms with Crippen molar-refractivity contribution >= 4 is 10.9 Å². The van der Waals surface area contributed by atoms with Gasteiger partial charge in [0.05, 0.1) is 18.3 Å². The number of fused-ring (bicyclic) bond motifs is 1. The molecule has 1 heterocycles. The lowest BCUT2D eigenvalue weighted by molar-refractivity contribution is 0.304. The Balaban J connectivity index is 1.72. The molecule has 19 heavy (non-hydrogen) atoms. The van der Waals surface area contributed by atoms with Crippen LogP contribution < -0.4 is 4.74 Å². The third-order valence-electron chi connectivity index (χ3n) is 3.33. The highest BCUT2D eigenvalue weighted by Gasteiger charge is 1.98. The Kier molecular flexibility index (Phi) is 5.67. The predicted octanol–water partition coefficient (Wildman–Crippen LogP) is 4.97. The van der Waals surface area contributed by atoms with E-state index in [1.165, 1.54) is 32.1 Å². The molecule has 0 unspecified atom stereocenters. The molecule has 2 rings (SSSR count). The Labute approximate surface area is 115 Å². The van der Waals surface area contributed by atoms with Crippen molar-refractivity contribution < 1.29 is 4.74 Å². The second-order valence-electron chi connectivity index (χ2n) is 4.98. The summed E-state index contributed by atoms with van der Waals surface area (Å²) in [6.07, 6.45) is 9.56. The van der Waals surface area contributed by atoms with Gasteiger partial charge in [0, 0.05) is 5.39 Å². The molecule has 0 saturated carbocycles. The van der Waals surface area contributed by atoms with Crippen LogP contribution in [0.1, 0.15) is 45.4 Å². The summed E-state index contributed by atoms with van der Waals surface area (Å²) in [5.41, 5.74) is 1.02. The zero-order valence-corrected chi connectivity index (χ0v) is 11.8. The fraction of sp³-hybridized carbons (Fsp3) is 0.471. The third kappa shape index (κ3) is 4.55. The number of aromatic nitrogens is 1. The van der Waals surface area contributed by atoms with Crippen molar-refractivity contribution in [3.63, 3.8) is 0 Å². The minimum absolute atomic E-state index is 0.798. The van der Waals surface area contributed by atoms with Gasteiger partial charge in [-0.15, -0.1) is 0 Å². The molecular weight excluding hydrogens is 234 g/mol. The van der Waals surface area contributed by atoms with Gasteiger partial charge in [0.25, 0.3) is 0 Å². The standard InChI is InChI=1S/C17H23NO/c1-2-3-4-5-6-9-12-19-16-13-15-10-7-8-11-17(15)18-14-16/h7-8,10-11,13-14H,2-6,9,12H2,1H3. The monoisotopic (exact) mass is 257 g/mol. The Hall–Kier alpha value is -1.57. The number of para-hydroxylation sites is 1. The van der Waals surface area contributed by atoms with Crippen LogP contribution in [0.5, 0.6) is 5.75 Å². The van der Waals surface area contributed by atoms with Gasteiger partial charge in [-0.05, 0) is 18.6 Å². The van der Waals surface area contributed by atoms with Gasteiger partial charge in [-0.1, -0.05) is 57.2 Å². The van der Waals surface area contributed by atoms with Crippen LogP contribution in [0.3, 0.4) is 0 Å². The molecule has 0 aliphatic heterocycles. The van der Waals surface area contributed by atoms with Gasteiger partial charge in [0.1, 0.15) is 5.75 Å². The Morgan fingerprint density at radius 1 is 1.00 bits per heavy atom. The minimum Gasteiger partial charge on any atom is -0.492 e. The molecule has 0 spiro atoms. The molecule has 2 aromatic rings. The van der Waals surface area contributed by atoms with E-state index in [-0.39, 0.29) is 0 Å². The van der Waals surface area contributed by atoms with E-state index < -0.39 is 0 Å². The van der Waals surface area contributed by atoms with Crippen LogP contribution >= 0.6 is 0 Å². The van der Waals surface area contributed by atoms with Gasteiger partial charge in [0.2, 0.25) is 0 Å². The molecule has 0 saturated heterocycles. The summed E-state index contributed by atoms with van der Waals surface area (Å²) in [6.45, 7) is 3.04. The number of benzene rings is 1. The lowest BCUT2D eigenvalue weighted by Gasteiger charge is -2.06. The first kappa shape index (κ1) is 13.9. The number of hydrogen-bond acceptors (Lipinski definition) is 2. The number of nitrogens with zero attached hydrogens (tertiary/aromatic N) is 1. The second kappa shape index (κ2) is 7.78. The molecule has 0 atom stereocenters. The van der Waals surface area contributed by atoms with E-state index in [1.807, 2.05) is 24.4 Å². The summed E-state index contributed by atoms with van der Waals surface area (Å²) < 4.78 is 5.76. The van der Waals surface area contributed by atoms with Gasteiger partial charge in [-0.3, -0.25) is 4.98 Å². The van der Waals surface area contributed by atoms with Crippen LogP contribution in [-0.4, -0.2) is 11.6 Å². The summed E-state index contributed by atoms with van der Waals surface area (Å²) in [4.78, 5) is 4.40. The molecule has 1 aromatic carbocycles. The number of ether oxygens (including phenoxy) is 1. The quantitative estimate of drug-likeness (QED) is 0.623. The average molecular weight is 257 g/mol. The van der Waals surface area contributed by atoms with Crippen LogP contribution in [0.4, 0.5) is 0 Å². The number of rotatable bonds is 8. The van der Waals surface area contributed by atoms with Gasteiger partial charge in [0.15, 0.2) is 0 Å². The first-order valence-electron chi connectivity index (χ1n) is 7.38. The highest BCUT2D eigenvalue weighted by Crippen LogP contribution is 2.18. The van der Waals surface area contributed by atoms with Crippen LogP contribution in [0, 0.1) is 0 Å². The van der Waals surface area contributed by atoms with Crippen LogP contribution in [-0.2, 0) is 0 Å². The van der Waals surface area contributed by atoms with E-state index in [1.54, 1.807) is 0 Å². The normalized spacial score (nSPS) is 10.8. The molecule has 0 bridgehead atoms. The van der Waals surface area contributed by atoms with Crippen molar-refractivity contribution in [2.45, 2.75) is 45.4 Å². The summed E-state index contributed by atoms with van der Waals surface area (Å²) in [5.74, 6) is 0.882. The van der Waals surface area contributed by atoms with Gasteiger partial charge in [-0.25, -0.2) is 0 Å². The maximum atomic E-state index is 5.76. The van der Waals surface area contributed by atoms with Crippen LogP contribution in [0.2, 0.25) is 0 Å². The number of unbranched alkanes of at least 4 members (excludes halogenated alkanes) is 5. The van der Waals surface area contributed by atoms with Crippen molar-refractivity contribution in [3.05, 3.63) is 36.5 Å². The highest BCUT2D eigenvalue weighted by molar-refractivity contribution is 5.79. The average Bonchev–Trinajstić information content (AvgIpc) is 2.46. The Morgan fingerprint density at radius 2 is 1.79 bits per heavy atom. The topological polar surface area (TPSA) is 22.1 Å². The largest absolute Gasteiger partial charge is 0.492 e. The smallest absolute Gasteiger partial charge is 0.138 e. The summed E-state index contributed by atoms with van der Waals surface area (Å²) in [6, 6.07) is 10.2. The number of pyridine rings is 1. The molecule has 0 radical (unpaired) electrons. The summed E-state index contributed by atoms with van der Waals surface area (Å²) in [7, 11) is 0. The third-order valence-corrected chi connectivity index (χ3v) is 3.33. The van der Waals surface area contributed by atoms with Gasteiger partial charge in [-0.2, -0.15) is 0 Å². The highest BCUT2D eigenvalue weighted by atomic mass is 16.5. The summed E-state index contributed by atoms with van der Waals surface area (Å²) in [5, 5.41) is 1.14. The zero-order chi connectivity index (χ0) is 13.3. The van der Waals surface area contributed by atoms with Crippen LogP contribution in [0.25, 0.3) is 10.9 Å². The molecule has 0 aliphatic carbocycles. The van der Waals surface area contributed by atoms with Gasteiger partial charge >= 0.3 is 0 Å². The van der Waals surface area contributed by atoms with E-state index >= 15 is 0 Å². The van der Waals surface area contributed by atoms with Gasteiger partial charge < -0.3 is 4.74 Å². The van der Waals surface area contributed by atoms with Crippen molar-refractivity contribution in [1.82, 2.24) is 4.98 Å². The first-order valence-corrected chi connectivity index (χ1v) is 7.38. The lowest BCUT2D eigenvalue weighted by Crippen LogP contribution is -1.97. The maximum Gasteiger partial charge on any atom is 0.138 e. The Morgan fingerprint density at radius 3 is 2.68 bits per heavy atom. The van der Waals surface area contributed by atoms with Crippen molar-refractivity contribution in [3.8, 4) is 5.75 Å². The molecule has 0 N–H and O–H groups in total. The van der Waals surface area contributed by atoms with E-state index in [0.717, 1.165) is 29.7 Å². The SMILES string of the molecule is CCCCCCCCOc1cnc2ccccc2c1. The van der Waals surface area contributed by atoms with Crippen molar-refractivity contribution in [2.24, 2.45) is 0 Å². The van der Waals surface area contributed by atoms with E-state index in [9.17, 15) is 0 Å². The van der Waals surface area contributed by atoms with Crippen LogP contribution in [0.15, 0.2) is 36.5 Å². The fourth-order valence-corrected chi connectivity index (χ4v) is 2.20. The number of hydrogen-bond donors (Lipinski definition) is 0. The van der Waals surface area contributed by atoms with Crippen molar-refractivity contribution in [2.75, 3.05) is 6.61 Å². The molecule has 2 heteroatoms.